The Kier molecular flexibility index (Phi) is 19.7. The molecular weight excluding hydrogens is 284 g/mol. The largest absolute Gasteiger partial charge is 0.159 e. The molecular formula is C21H43S. The van der Waals surface area contributed by atoms with Crippen LogP contribution in [0.1, 0.15) is 117 Å². The Morgan fingerprint density at radius 2 is 0.864 bits per heavy atom. The highest BCUT2D eigenvalue weighted by Gasteiger charge is 1.96. The van der Waals surface area contributed by atoms with E-state index in [2.05, 4.69) is 32.5 Å². The van der Waals surface area contributed by atoms with Crippen LogP contribution in [0.5, 0.6) is 0 Å². The maximum atomic E-state index is 3.90. The van der Waals surface area contributed by atoms with E-state index in [0.29, 0.717) is 0 Å². The summed E-state index contributed by atoms with van der Waals surface area (Å²) in [7, 11) is 0. The van der Waals surface area contributed by atoms with Gasteiger partial charge in [-0.3, -0.25) is 0 Å². The average Bonchev–Trinajstić information content (AvgIpc) is 2.50. The van der Waals surface area contributed by atoms with Crippen molar-refractivity contribution in [2.45, 2.75) is 122 Å². The number of unbranched alkanes of at least 4 members (excludes halogenated alkanes) is 15. The zero-order chi connectivity index (χ0) is 16.3. The van der Waals surface area contributed by atoms with E-state index in [-0.39, 0.29) is 0 Å². The van der Waals surface area contributed by atoms with Gasteiger partial charge in [-0.1, -0.05) is 117 Å². The summed E-state index contributed by atoms with van der Waals surface area (Å²) in [5.74, 6) is 1.37. The van der Waals surface area contributed by atoms with Gasteiger partial charge in [0.05, 0.1) is 0 Å². The molecule has 0 saturated carbocycles. The number of rotatable bonds is 18. The molecule has 0 atom stereocenters. The minimum Gasteiger partial charge on any atom is -0.159 e. The Balaban J connectivity index is 2.94. The summed E-state index contributed by atoms with van der Waals surface area (Å²) >= 11 is 2.12. The van der Waals surface area contributed by atoms with E-state index in [4.69, 9.17) is 0 Å². The maximum Gasteiger partial charge on any atom is -0.000968 e. The van der Waals surface area contributed by atoms with E-state index in [0.717, 1.165) is 11.7 Å². The quantitative estimate of drug-likeness (QED) is 0.229. The fraction of sp³-hybridized carbons (Fsp3) is 0.952. The summed E-state index contributed by atoms with van der Waals surface area (Å²) < 4.78 is 0. The highest BCUT2D eigenvalue weighted by molar-refractivity contribution is 7.99. The molecule has 0 unspecified atom stereocenters. The first-order valence-corrected chi connectivity index (χ1v) is 11.2. The second kappa shape index (κ2) is 19.4. The first kappa shape index (κ1) is 22.4. The van der Waals surface area contributed by atoms with Crippen molar-refractivity contribution in [1.29, 1.82) is 0 Å². The van der Waals surface area contributed by atoms with Crippen LogP contribution in [0.2, 0.25) is 0 Å². The SMILES string of the molecule is [CH2]CCCCCCCCCCCCCCCCCSC(C)C. The van der Waals surface area contributed by atoms with Crippen LogP contribution in [0.3, 0.4) is 0 Å². The van der Waals surface area contributed by atoms with E-state index in [1.54, 1.807) is 0 Å². The van der Waals surface area contributed by atoms with Crippen LogP contribution in [0.25, 0.3) is 0 Å². The van der Waals surface area contributed by atoms with Gasteiger partial charge in [0, 0.05) is 0 Å². The molecule has 0 amide bonds. The summed E-state index contributed by atoms with van der Waals surface area (Å²) in [5.41, 5.74) is 0. The molecule has 0 N–H and O–H groups in total. The van der Waals surface area contributed by atoms with Crippen LogP contribution < -0.4 is 0 Å². The zero-order valence-corrected chi connectivity index (χ0v) is 16.5. The van der Waals surface area contributed by atoms with Gasteiger partial charge in [0.15, 0.2) is 0 Å². The summed E-state index contributed by atoms with van der Waals surface area (Å²) in [4.78, 5) is 0. The van der Waals surface area contributed by atoms with E-state index in [1.807, 2.05) is 0 Å². The van der Waals surface area contributed by atoms with Gasteiger partial charge >= 0.3 is 0 Å². The Morgan fingerprint density at radius 3 is 1.18 bits per heavy atom. The minimum absolute atomic E-state index is 0.814. The third-order valence-electron chi connectivity index (χ3n) is 4.35. The average molecular weight is 328 g/mol. The Labute approximate surface area is 146 Å². The highest BCUT2D eigenvalue weighted by atomic mass is 32.2. The van der Waals surface area contributed by atoms with Crippen molar-refractivity contribution in [3.05, 3.63) is 6.92 Å². The van der Waals surface area contributed by atoms with Crippen LogP contribution in [0.4, 0.5) is 0 Å². The van der Waals surface area contributed by atoms with Crippen molar-refractivity contribution in [1.82, 2.24) is 0 Å². The molecule has 1 heteroatoms. The van der Waals surface area contributed by atoms with Gasteiger partial charge in [0.2, 0.25) is 0 Å². The predicted molar refractivity (Wildman–Crippen MR) is 107 cm³/mol. The molecule has 0 heterocycles. The summed E-state index contributed by atoms with van der Waals surface area (Å²) in [6.07, 6.45) is 22.9. The Hall–Kier alpha value is 0.350. The first-order chi connectivity index (χ1) is 10.8. The lowest BCUT2D eigenvalue weighted by atomic mass is 10.0. The molecule has 0 aromatic rings. The van der Waals surface area contributed by atoms with E-state index < -0.39 is 0 Å². The van der Waals surface area contributed by atoms with Crippen LogP contribution in [-0.4, -0.2) is 11.0 Å². The molecule has 0 saturated heterocycles. The Bertz CT molecular complexity index is 188. The van der Waals surface area contributed by atoms with E-state index in [1.165, 1.54) is 102 Å². The second-order valence-electron chi connectivity index (χ2n) is 7.08. The van der Waals surface area contributed by atoms with Gasteiger partial charge in [-0.05, 0) is 17.4 Å². The number of thioether (sulfide) groups is 1. The second-order valence-corrected chi connectivity index (χ2v) is 8.76. The molecule has 0 aliphatic rings. The van der Waals surface area contributed by atoms with Gasteiger partial charge in [-0.2, -0.15) is 11.8 Å². The molecule has 0 rings (SSSR count). The van der Waals surface area contributed by atoms with Crippen molar-refractivity contribution >= 4 is 11.8 Å². The smallest absolute Gasteiger partial charge is 0.000968 e. The number of hydrogen-bond acceptors (Lipinski definition) is 1. The maximum absolute atomic E-state index is 3.90. The van der Waals surface area contributed by atoms with Crippen molar-refractivity contribution < 1.29 is 0 Å². The van der Waals surface area contributed by atoms with Crippen molar-refractivity contribution in [2.24, 2.45) is 0 Å². The third-order valence-corrected chi connectivity index (χ3v) is 5.54. The van der Waals surface area contributed by atoms with Crippen LogP contribution in [0, 0.1) is 6.92 Å². The van der Waals surface area contributed by atoms with E-state index in [9.17, 15) is 0 Å². The lowest BCUT2D eigenvalue weighted by Gasteiger charge is -2.05. The fourth-order valence-corrected chi connectivity index (χ4v) is 3.74. The number of hydrogen-bond donors (Lipinski definition) is 0. The molecule has 22 heavy (non-hydrogen) atoms. The van der Waals surface area contributed by atoms with Crippen LogP contribution in [-0.2, 0) is 0 Å². The fourth-order valence-electron chi connectivity index (χ4n) is 2.90. The highest BCUT2D eigenvalue weighted by Crippen LogP contribution is 2.15. The monoisotopic (exact) mass is 327 g/mol. The van der Waals surface area contributed by atoms with Gasteiger partial charge in [0.25, 0.3) is 0 Å². The molecule has 0 aliphatic carbocycles. The van der Waals surface area contributed by atoms with Crippen LogP contribution >= 0.6 is 11.8 Å². The Morgan fingerprint density at radius 1 is 0.545 bits per heavy atom. The molecule has 0 aliphatic heterocycles. The molecule has 0 nitrogen and oxygen atoms in total. The third kappa shape index (κ3) is 20.3. The van der Waals surface area contributed by atoms with Crippen molar-refractivity contribution in [3.8, 4) is 0 Å². The molecule has 0 aromatic heterocycles. The predicted octanol–water partition coefficient (Wildman–Crippen LogP) is 8.20. The lowest BCUT2D eigenvalue weighted by molar-refractivity contribution is 0.533. The van der Waals surface area contributed by atoms with Crippen molar-refractivity contribution in [3.63, 3.8) is 0 Å². The summed E-state index contributed by atoms with van der Waals surface area (Å²) in [6, 6.07) is 0. The molecule has 0 aromatic carbocycles. The molecule has 133 valence electrons. The lowest BCUT2D eigenvalue weighted by Crippen LogP contribution is -1.90. The normalized spacial score (nSPS) is 11.5. The first-order valence-electron chi connectivity index (χ1n) is 10.2. The topological polar surface area (TPSA) is 0 Å². The van der Waals surface area contributed by atoms with Crippen molar-refractivity contribution in [2.75, 3.05) is 5.75 Å². The van der Waals surface area contributed by atoms with E-state index >= 15 is 0 Å². The van der Waals surface area contributed by atoms with Gasteiger partial charge in [-0.25, -0.2) is 0 Å². The molecule has 0 fully saturated rings. The molecule has 0 spiro atoms. The molecule has 0 bridgehead atoms. The van der Waals surface area contributed by atoms with Gasteiger partial charge in [0.1, 0.15) is 0 Å². The minimum atomic E-state index is 0.814. The zero-order valence-electron chi connectivity index (χ0n) is 15.7. The van der Waals surface area contributed by atoms with Gasteiger partial charge < -0.3 is 0 Å². The summed E-state index contributed by atoms with van der Waals surface area (Å²) in [5, 5.41) is 0.814. The van der Waals surface area contributed by atoms with Gasteiger partial charge in [-0.15, -0.1) is 0 Å². The van der Waals surface area contributed by atoms with Crippen LogP contribution in [0.15, 0.2) is 0 Å². The standard InChI is InChI=1S/C21H43S/c1-4-5-6-7-8-9-10-11-12-13-14-15-16-17-18-19-20-22-21(2)3/h21H,1,4-20H2,2-3H3. The summed E-state index contributed by atoms with van der Waals surface area (Å²) in [6.45, 7) is 8.50. The molecule has 1 radical (unpaired) electrons.